The van der Waals surface area contributed by atoms with Gasteiger partial charge in [-0.2, -0.15) is 0 Å². The zero-order valence-electron chi connectivity index (χ0n) is 21.4. The van der Waals surface area contributed by atoms with E-state index in [-0.39, 0.29) is 24.0 Å². The number of halogens is 2. The number of fused-ring (bicyclic) bond motifs is 1. The van der Waals surface area contributed by atoms with E-state index in [1.165, 1.54) is 0 Å². The van der Waals surface area contributed by atoms with E-state index in [2.05, 4.69) is 18.0 Å². The molecule has 5 rings (SSSR count). The van der Waals surface area contributed by atoms with E-state index in [9.17, 15) is 18.7 Å². The Kier molecular flexibility index (Phi) is 7.79. The molecule has 0 radical (unpaired) electrons. The highest BCUT2D eigenvalue weighted by Gasteiger charge is 2.29. The lowest BCUT2D eigenvalue weighted by Gasteiger charge is -2.31. The summed E-state index contributed by atoms with van der Waals surface area (Å²) in [5.41, 5.74) is 2.44. The summed E-state index contributed by atoms with van der Waals surface area (Å²) in [7, 11) is 2.12. The van der Waals surface area contributed by atoms with E-state index in [0.29, 0.717) is 19.5 Å². The second-order valence-corrected chi connectivity index (χ2v) is 10.0. The number of phenolic OH excluding ortho intramolecular Hbond substituents is 1. The van der Waals surface area contributed by atoms with Gasteiger partial charge >= 0.3 is 0 Å². The maximum Gasteiger partial charge on any atom is 0.264 e. The average molecular weight is 523 g/mol. The van der Waals surface area contributed by atoms with Crippen LogP contribution in [0.3, 0.4) is 0 Å². The van der Waals surface area contributed by atoms with Crippen molar-refractivity contribution in [1.29, 1.82) is 0 Å². The fourth-order valence-corrected chi connectivity index (χ4v) is 5.04. The maximum atomic E-state index is 13.6. The first kappa shape index (κ1) is 26.0. The normalized spacial score (nSPS) is 16.4. The van der Waals surface area contributed by atoms with Gasteiger partial charge in [-0.1, -0.05) is 36.4 Å². The largest absolute Gasteiger partial charge is 0.507 e. The SMILES string of the molecule is CN1CCC(Oc2ccc3c(c2)CCN(C(=O)c2c(O)cc(C(F)F)cc2OCc2ccccc2)C3)CC1. The molecule has 0 aliphatic carbocycles. The molecule has 38 heavy (non-hydrogen) atoms. The molecule has 6 nitrogen and oxygen atoms in total. The molecule has 0 aromatic heterocycles. The van der Waals surface area contributed by atoms with Gasteiger partial charge in [0, 0.05) is 31.7 Å². The number of hydrogen-bond acceptors (Lipinski definition) is 5. The first-order valence-corrected chi connectivity index (χ1v) is 13.0. The highest BCUT2D eigenvalue weighted by molar-refractivity contribution is 6.00. The molecule has 0 bridgehead atoms. The molecule has 0 saturated carbocycles. The summed E-state index contributed by atoms with van der Waals surface area (Å²) in [6.07, 6.45) is 0.0229. The van der Waals surface area contributed by atoms with Crippen LogP contribution in [-0.2, 0) is 19.6 Å². The van der Waals surface area contributed by atoms with E-state index in [0.717, 1.165) is 60.5 Å². The average Bonchev–Trinajstić information content (AvgIpc) is 2.92. The van der Waals surface area contributed by atoms with Gasteiger partial charge in [-0.15, -0.1) is 0 Å². The van der Waals surface area contributed by atoms with Crippen LogP contribution in [0, 0.1) is 0 Å². The molecular formula is C30H32F2N2O4. The summed E-state index contributed by atoms with van der Waals surface area (Å²) in [6, 6.07) is 17.3. The third-order valence-electron chi connectivity index (χ3n) is 7.25. The van der Waals surface area contributed by atoms with Crippen LogP contribution >= 0.6 is 0 Å². The second kappa shape index (κ2) is 11.4. The van der Waals surface area contributed by atoms with Crippen LogP contribution in [0.2, 0.25) is 0 Å². The van der Waals surface area contributed by atoms with Crippen molar-refractivity contribution in [2.75, 3.05) is 26.7 Å². The van der Waals surface area contributed by atoms with Crippen LogP contribution in [0.4, 0.5) is 8.78 Å². The number of carbonyl (C=O) groups is 1. The molecule has 3 aromatic rings. The molecule has 2 aliphatic rings. The van der Waals surface area contributed by atoms with E-state index < -0.39 is 23.6 Å². The van der Waals surface area contributed by atoms with Gasteiger partial charge in [0.1, 0.15) is 35.5 Å². The second-order valence-electron chi connectivity index (χ2n) is 10.0. The van der Waals surface area contributed by atoms with Gasteiger partial charge < -0.3 is 24.4 Å². The molecule has 0 unspecified atom stereocenters. The van der Waals surface area contributed by atoms with Crippen LogP contribution in [0.5, 0.6) is 17.2 Å². The molecule has 0 atom stereocenters. The highest BCUT2D eigenvalue weighted by atomic mass is 19.3. The third kappa shape index (κ3) is 5.91. The summed E-state index contributed by atoms with van der Waals surface area (Å²) in [6.45, 7) is 2.90. The summed E-state index contributed by atoms with van der Waals surface area (Å²) in [5.74, 6) is -0.177. The van der Waals surface area contributed by atoms with Crippen LogP contribution in [0.1, 0.15) is 51.9 Å². The minimum atomic E-state index is -2.81. The van der Waals surface area contributed by atoms with E-state index >= 15 is 0 Å². The van der Waals surface area contributed by atoms with Crippen LogP contribution < -0.4 is 9.47 Å². The van der Waals surface area contributed by atoms with Gasteiger partial charge in [-0.25, -0.2) is 8.78 Å². The first-order chi connectivity index (χ1) is 18.4. The maximum absolute atomic E-state index is 13.6. The molecule has 0 spiro atoms. The summed E-state index contributed by atoms with van der Waals surface area (Å²) < 4.78 is 39.0. The number of benzene rings is 3. The van der Waals surface area contributed by atoms with Crippen molar-refractivity contribution in [2.45, 2.75) is 44.9 Å². The number of phenols is 1. The minimum Gasteiger partial charge on any atom is -0.507 e. The Morgan fingerprint density at radius 1 is 1.03 bits per heavy atom. The van der Waals surface area contributed by atoms with Crippen molar-refractivity contribution in [3.8, 4) is 17.2 Å². The molecule has 8 heteroatoms. The fourth-order valence-electron chi connectivity index (χ4n) is 5.04. The molecule has 200 valence electrons. The van der Waals surface area contributed by atoms with E-state index in [4.69, 9.17) is 9.47 Å². The van der Waals surface area contributed by atoms with Gasteiger partial charge in [-0.3, -0.25) is 4.79 Å². The number of ether oxygens (including phenoxy) is 2. The van der Waals surface area contributed by atoms with Gasteiger partial charge in [0.15, 0.2) is 0 Å². The zero-order valence-corrected chi connectivity index (χ0v) is 21.4. The summed E-state index contributed by atoms with van der Waals surface area (Å²) >= 11 is 0. The predicted octanol–water partition coefficient (Wildman–Crippen LogP) is 5.58. The standard InChI is InChI=1S/C30H32F2N2O4/c1-33-12-10-24(11-13-33)38-25-8-7-22-18-34(14-9-21(22)15-25)30(36)28-26(35)16-23(29(31)32)17-27(28)37-19-20-5-3-2-4-6-20/h2-8,15-17,24,29,35H,9-14,18-19H2,1H3. The topological polar surface area (TPSA) is 62.2 Å². The summed E-state index contributed by atoms with van der Waals surface area (Å²) in [4.78, 5) is 17.5. The lowest BCUT2D eigenvalue weighted by molar-refractivity contribution is 0.0725. The van der Waals surface area contributed by atoms with Crippen LogP contribution in [-0.4, -0.2) is 53.6 Å². The molecule has 2 heterocycles. The number of hydrogen-bond donors (Lipinski definition) is 1. The monoisotopic (exact) mass is 522 g/mol. The van der Waals surface area contributed by atoms with E-state index in [1.54, 1.807) is 4.90 Å². The smallest absolute Gasteiger partial charge is 0.264 e. The quantitative estimate of drug-likeness (QED) is 0.439. The number of rotatable bonds is 7. The molecule has 3 aromatic carbocycles. The molecule has 1 saturated heterocycles. The Balaban J connectivity index is 1.32. The first-order valence-electron chi connectivity index (χ1n) is 13.0. The number of carbonyl (C=O) groups excluding carboxylic acids is 1. The number of nitrogens with zero attached hydrogens (tertiary/aromatic N) is 2. The highest BCUT2D eigenvalue weighted by Crippen LogP contribution is 2.36. The third-order valence-corrected chi connectivity index (χ3v) is 7.25. The van der Waals surface area contributed by atoms with Gasteiger partial charge in [-0.05, 0) is 67.3 Å². The Labute approximate surface area is 221 Å². The fraction of sp³-hybridized carbons (Fsp3) is 0.367. The molecule has 1 amide bonds. The number of alkyl halides is 2. The van der Waals surface area contributed by atoms with E-state index in [1.807, 2.05) is 42.5 Å². The van der Waals surface area contributed by atoms with Crippen molar-refractivity contribution < 1.29 is 28.2 Å². The van der Waals surface area contributed by atoms with Crippen molar-refractivity contribution in [2.24, 2.45) is 0 Å². The summed E-state index contributed by atoms with van der Waals surface area (Å²) in [5, 5.41) is 10.6. The predicted molar refractivity (Wildman–Crippen MR) is 140 cm³/mol. The van der Waals surface area contributed by atoms with Crippen molar-refractivity contribution >= 4 is 5.91 Å². The Bertz CT molecular complexity index is 1280. The number of piperidine rings is 1. The van der Waals surface area contributed by atoms with Crippen molar-refractivity contribution in [1.82, 2.24) is 9.80 Å². The van der Waals surface area contributed by atoms with Gasteiger partial charge in [0.05, 0.1) is 0 Å². The number of amides is 1. The Morgan fingerprint density at radius 2 is 1.79 bits per heavy atom. The lowest BCUT2D eigenvalue weighted by atomic mass is 9.98. The zero-order chi connectivity index (χ0) is 26.6. The molecule has 1 fully saturated rings. The van der Waals surface area contributed by atoms with Crippen molar-refractivity contribution in [3.05, 3.63) is 88.5 Å². The van der Waals surface area contributed by atoms with Crippen molar-refractivity contribution in [3.63, 3.8) is 0 Å². The van der Waals surface area contributed by atoms with Crippen LogP contribution in [0.25, 0.3) is 0 Å². The Morgan fingerprint density at radius 3 is 2.53 bits per heavy atom. The molecule has 1 N–H and O–H groups in total. The number of likely N-dealkylation sites (tertiary alicyclic amines) is 1. The number of aromatic hydroxyl groups is 1. The molecular weight excluding hydrogens is 490 g/mol. The van der Waals surface area contributed by atoms with Gasteiger partial charge in [0.2, 0.25) is 0 Å². The minimum absolute atomic E-state index is 0.0539. The Hall–Kier alpha value is -3.65. The lowest BCUT2D eigenvalue weighted by Crippen LogP contribution is -2.36. The molecule has 2 aliphatic heterocycles. The van der Waals surface area contributed by atoms with Gasteiger partial charge in [0.25, 0.3) is 12.3 Å². The van der Waals surface area contributed by atoms with Crippen LogP contribution in [0.15, 0.2) is 60.7 Å².